The van der Waals surface area contributed by atoms with E-state index in [9.17, 15) is 10.1 Å². The average Bonchev–Trinajstić information content (AvgIpc) is 2.29. The molecule has 2 N–H and O–H groups in total. The molecule has 0 radical (unpaired) electrons. The molecule has 0 aliphatic heterocycles. The van der Waals surface area contributed by atoms with Crippen molar-refractivity contribution in [3.05, 3.63) is 33.1 Å². The summed E-state index contributed by atoms with van der Waals surface area (Å²) in [5.74, 6) is 0. The van der Waals surface area contributed by atoms with Gasteiger partial charge in [0.15, 0.2) is 0 Å². The van der Waals surface area contributed by atoms with Gasteiger partial charge >= 0.3 is 0 Å². The molecular weight excluding hydrogens is 242 g/mol. The van der Waals surface area contributed by atoms with Crippen molar-refractivity contribution in [2.45, 2.75) is 37.6 Å². The van der Waals surface area contributed by atoms with Crippen LogP contribution in [0.1, 0.15) is 37.7 Å². The third kappa shape index (κ3) is 2.40. The zero-order valence-electron chi connectivity index (χ0n) is 9.36. The number of aromatic nitrogens is 1. The molecule has 17 heavy (non-hydrogen) atoms. The first-order valence-electron chi connectivity index (χ1n) is 5.62. The summed E-state index contributed by atoms with van der Waals surface area (Å²) >= 11 is 5.81. The highest BCUT2D eigenvalue weighted by molar-refractivity contribution is 6.29. The highest BCUT2D eigenvalue weighted by Gasteiger charge is 2.35. The van der Waals surface area contributed by atoms with Gasteiger partial charge in [-0.3, -0.25) is 10.1 Å². The average molecular weight is 256 g/mol. The molecule has 92 valence electrons. The topological polar surface area (TPSA) is 82.0 Å². The number of nitro groups is 1. The maximum Gasteiger partial charge on any atom is 0.292 e. The SMILES string of the molecule is NC1(c2cc(Cl)ncc2[N+](=O)[O-])CCCCC1. The largest absolute Gasteiger partial charge is 0.321 e. The molecule has 6 heteroatoms. The summed E-state index contributed by atoms with van der Waals surface area (Å²) in [7, 11) is 0. The first-order valence-corrected chi connectivity index (χ1v) is 6.00. The lowest BCUT2D eigenvalue weighted by Crippen LogP contribution is -2.39. The van der Waals surface area contributed by atoms with Crippen molar-refractivity contribution in [1.29, 1.82) is 0 Å². The number of rotatable bonds is 2. The van der Waals surface area contributed by atoms with Crippen LogP contribution in [0.2, 0.25) is 5.15 Å². The Hall–Kier alpha value is -1.20. The number of hydrogen-bond donors (Lipinski definition) is 1. The van der Waals surface area contributed by atoms with Crippen molar-refractivity contribution in [2.24, 2.45) is 5.73 Å². The minimum Gasteiger partial charge on any atom is -0.321 e. The normalized spacial score (nSPS) is 18.9. The van der Waals surface area contributed by atoms with E-state index in [4.69, 9.17) is 17.3 Å². The van der Waals surface area contributed by atoms with E-state index < -0.39 is 10.5 Å². The lowest BCUT2D eigenvalue weighted by atomic mass is 9.77. The number of halogens is 1. The van der Waals surface area contributed by atoms with E-state index in [2.05, 4.69) is 4.98 Å². The second-order valence-corrected chi connectivity index (χ2v) is 4.89. The fraction of sp³-hybridized carbons (Fsp3) is 0.545. The van der Waals surface area contributed by atoms with E-state index in [0.29, 0.717) is 5.56 Å². The van der Waals surface area contributed by atoms with Crippen molar-refractivity contribution in [3.63, 3.8) is 0 Å². The highest BCUT2D eigenvalue weighted by atomic mass is 35.5. The number of nitrogens with zero attached hydrogens (tertiary/aromatic N) is 2. The molecule has 0 atom stereocenters. The second-order valence-electron chi connectivity index (χ2n) is 4.50. The Morgan fingerprint density at radius 2 is 2.06 bits per heavy atom. The van der Waals surface area contributed by atoms with Crippen LogP contribution in [-0.4, -0.2) is 9.91 Å². The minimum absolute atomic E-state index is 0.0289. The molecule has 1 heterocycles. The molecule has 0 bridgehead atoms. The zero-order chi connectivity index (χ0) is 12.5. The van der Waals surface area contributed by atoms with E-state index >= 15 is 0 Å². The Labute approximate surface area is 104 Å². The third-order valence-corrected chi connectivity index (χ3v) is 3.54. The van der Waals surface area contributed by atoms with Crippen LogP contribution in [0.4, 0.5) is 5.69 Å². The maximum atomic E-state index is 11.0. The molecule has 1 aromatic rings. The molecule has 2 rings (SSSR count). The van der Waals surface area contributed by atoms with E-state index in [1.807, 2.05) is 0 Å². The predicted molar refractivity (Wildman–Crippen MR) is 64.9 cm³/mol. The summed E-state index contributed by atoms with van der Waals surface area (Å²) in [6, 6.07) is 1.53. The number of hydrogen-bond acceptors (Lipinski definition) is 4. The Kier molecular flexibility index (Phi) is 3.31. The van der Waals surface area contributed by atoms with Crippen molar-refractivity contribution in [1.82, 2.24) is 4.98 Å². The van der Waals surface area contributed by atoms with E-state index in [1.165, 1.54) is 12.3 Å². The summed E-state index contributed by atoms with van der Waals surface area (Å²) in [4.78, 5) is 14.3. The summed E-state index contributed by atoms with van der Waals surface area (Å²) in [6.07, 6.45) is 5.83. The predicted octanol–water partition coefficient (Wildman–Crippen LogP) is 2.76. The second kappa shape index (κ2) is 4.58. The lowest BCUT2D eigenvalue weighted by Gasteiger charge is -2.33. The van der Waals surface area contributed by atoms with Gasteiger partial charge in [-0.15, -0.1) is 0 Å². The maximum absolute atomic E-state index is 11.0. The molecule has 0 aromatic carbocycles. The standard InChI is InChI=1S/C11H14ClN3O2/c12-10-6-8(9(7-14-10)15(16)17)11(13)4-2-1-3-5-11/h6-7H,1-5,13H2. The van der Waals surface area contributed by atoms with Crippen LogP contribution in [0.3, 0.4) is 0 Å². The molecule has 1 fully saturated rings. The Bertz CT molecular complexity index is 444. The van der Waals surface area contributed by atoms with E-state index in [-0.39, 0.29) is 10.8 Å². The lowest BCUT2D eigenvalue weighted by molar-refractivity contribution is -0.386. The Morgan fingerprint density at radius 1 is 1.41 bits per heavy atom. The van der Waals surface area contributed by atoms with Crippen LogP contribution >= 0.6 is 11.6 Å². The molecule has 1 aliphatic carbocycles. The molecular formula is C11H14ClN3O2. The molecule has 0 spiro atoms. The van der Waals surface area contributed by atoms with Gasteiger partial charge in [0.2, 0.25) is 0 Å². The van der Waals surface area contributed by atoms with Crippen molar-refractivity contribution < 1.29 is 4.92 Å². The van der Waals surface area contributed by atoms with E-state index in [0.717, 1.165) is 32.1 Å². The van der Waals surface area contributed by atoms with Crippen molar-refractivity contribution >= 4 is 17.3 Å². The zero-order valence-corrected chi connectivity index (χ0v) is 10.1. The third-order valence-electron chi connectivity index (χ3n) is 3.33. The van der Waals surface area contributed by atoms with Crippen LogP contribution in [0, 0.1) is 10.1 Å². The number of pyridine rings is 1. The van der Waals surface area contributed by atoms with Gasteiger partial charge in [0.1, 0.15) is 11.3 Å². The quantitative estimate of drug-likeness (QED) is 0.500. The molecule has 1 aromatic heterocycles. The first-order chi connectivity index (χ1) is 8.03. The Balaban J connectivity index is 2.48. The van der Waals surface area contributed by atoms with Crippen LogP contribution in [0.5, 0.6) is 0 Å². The first kappa shape index (κ1) is 12.3. The van der Waals surface area contributed by atoms with Gasteiger partial charge in [0, 0.05) is 5.54 Å². The van der Waals surface area contributed by atoms with Crippen LogP contribution in [-0.2, 0) is 5.54 Å². The van der Waals surface area contributed by atoms with Gasteiger partial charge in [0.05, 0.1) is 10.5 Å². The van der Waals surface area contributed by atoms with Gasteiger partial charge in [-0.05, 0) is 18.9 Å². The van der Waals surface area contributed by atoms with Gasteiger partial charge in [-0.2, -0.15) is 0 Å². The molecule has 0 amide bonds. The summed E-state index contributed by atoms with van der Waals surface area (Å²) < 4.78 is 0. The van der Waals surface area contributed by atoms with Crippen LogP contribution < -0.4 is 5.73 Å². The van der Waals surface area contributed by atoms with Gasteiger partial charge in [-0.25, -0.2) is 4.98 Å². The molecule has 0 unspecified atom stereocenters. The summed E-state index contributed by atoms with van der Waals surface area (Å²) in [5, 5.41) is 11.2. The fourth-order valence-corrected chi connectivity index (χ4v) is 2.58. The monoisotopic (exact) mass is 255 g/mol. The molecule has 0 saturated heterocycles. The molecule has 1 aliphatic rings. The van der Waals surface area contributed by atoms with Crippen LogP contribution in [0.25, 0.3) is 0 Å². The Morgan fingerprint density at radius 3 is 2.65 bits per heavy atom. The van der Waals surface area contributed by atoms with Crippen molar-refractivity contribution in [3.8, 4) is 0 Å². The van der Waals surface area contributed by atoms with Crippen LogP contribution in [0.15, 0.2) is 12.3 Å². The highest BCUT2D eigenvalue weighted by Crippen LogP contribution is 2.39. The number of nitrogens with two attached hydrogens (primary N) is 1. The summed E-state index contributed by atoms with van der Waals surface area (Å²) in [6.45, 7) is 0. The van der Waals surface area contributed by atoms with E-state index in [1.54, 1.807) is 0 Å². The fourth-order valence-electron chi connectivity index (χ4n) is 2.42. The summed E-state index contributed by atoms with van der Waals surface area (Å²) in [5.41, 5.74) is 6.15. The van der Waals surface area contributed by atoms with Crippen molar-refractivity contribution in [2.75, 3.05) is 0 Å². The van der Waals surface area contributed by atoms with Gasteiger partial charge in [-0.1, -0.05) is 30.9 Å². The molecule has 1 saturated carbocycles. The molecule has 5 nitrogen and oxygen atoms in total. The smallest absolute Gasteiger partial charge is 0.292 e. The van der Waals surface area contributed by atoms with Gasteiger partial charge < -0.3 is 5.73 Å². The van der Waals surface area contributed by atoms with Gasteiger partial charge in [0.25, 0.3) is 5.69 Å². The minimum atomic E-state index is -0.632.